The zero-order valence-electron chi connectivity index (χ0n) is 11.9. The molecule has 1 rings (SSSR count). The molecule has 1 aromatic rings. The molecule has 0 radical (unpaired) electrons. The van der Waals surface area contributed by atoms with Gasteiger partial charge in [-0.2, -0.15) is 0 Å². The summed E-state index contributed by atoms with van der Waals surface area (Å²) in [5, 5.41) is 13.0. The molecule has 4 heteroatoms. The number of aliphatic hydroxyl groups is 1. The van der Waals surface area contributed by atoms with Crippen molar-refractivity contribution in [3.8, 4) is 0 Å². The highest BCUT2D eigenvalue weighted by Crippen LogP contribution is 2.17. The third kappa shape index (κ3) is 5.57. The molecule has 0 spiro atoms. The number of aliphatic imine (C=N–C) groups is 1. The van der Waals surface area contributed by atoms with Crippen LogP contribution in [-0.4, -0.2) is 24.2 Å². The van der Waals surface area contributed by atoms with Crippen molar-refractivity contribution in [3.63, 3.8) is 0 Å². The lowest BCUT2D eigenvalue weighted by molar-refractivity contribution is 0.187. The van der Waals surface area contributed by atoms with Crippen LogP contribution >= 0.6 is 0 Å². The number of nitrogens with one attached hydrogen (secondary N) is 1. The fourth-order valence-corrected chi connectivity index (χ4v) is 1.79. The molecule has 0 aliphatic rings. The fourth-order valence-electron chi connectivity index (χ4n) is 1.79. The maximum Gasteiger partial charge on any atom is 0.188 e. The van der Waals surface area contributed by atoms with E-state index in [-0.39, 0.29) is 6.54 Å². The summed E-state index contributed by atoms with van der Waals surface area (Å²) in [5.74, 6) is 0.325. The van der Waals surface area contributed by atoms with Crippen LogP contribution in [0.2, 0.25) is 0 Å². The number of rotatable bonds is 5. The molecule has 0 saturated heterocycles. The highest BCUT2D eigenvalue weighted by Gasteiger charge is 2.08. The van der Waals surface area contributed by atoms with Crippen LogP contribution < -0.4 is 11.1 Å². The summed E-state index contributed by atoms with van der Waals surface area (Å²) >= 11 is 0. The largest absolute Gasteiger partial charge is 0.386 e. The number of guanidine groups is 1. The molecule has 0 heterocycles. The predicted molar refractivity (Wildman–Crippen MR) is 80.2 cm³/mol. The molecule has 4 nitrogen and oxygen atoms in total. The first-order valence-electron chi connectivity index (χ1n) is 6.33. The van der Waals surface area contributed by atoms with E-state index in [4.69, 9.17) is 5.73 Å². The average Bonchev–Trinajstić information content (AvgIpc) is 2.32. The third-order valence-corrected chi connectivity index (χ3v) is 2.63. The van der Waals surface area contributed by atoms with Crippen molar-refractivity contribution in [2.24, 2.45) is 10.7 Å². The lowest BCUT2D eigenvalue weighted by Crippen LogP contribution is -2.33. The Morgan fingerprint density at radius 3 is 2.47 bits per heavy atom. The zero-order chi connectivity index (χ0) is 14.4. The van der Waals surface area contributed by atoms with Gasteiger partial charge in [0.05, 0.1) is 12.6 Å². The van der Waals surface area contributed by atoms with Gasteiger partial charge in [0.25, 0.3) is 0 Å². The van der Waals surface area contributed by atoms with Gasteiger partial charge in [0.1, 0.15) is 0 Å². The first kappa shape index (κ1) is 15.2. The second-order valence-electron chi connectivity index (χ2n) is 4.97. The summed E-state index contributed by atoms with van der Waals surface area (Å²) in [6.45, 7) is 10.5. The van der Waals surface area contributed by atoms with Crippen LogP contribution in [0.15, 0.2) is 35.3 Å². The summed E-state index contributed by atoms with van der Waals surface area (Å²) in [5.41, 5.74) is 9.81. The Hall–Kier alpha value is -1.81. The Balaban J connectivity index is 2.61. The maximum atomic E-state index is 10.1. The van der Waals surface area contributed by atoms with E-state index in [0.29, 0.717) is 12.5 Å². The topological polar surface area (TPSA) is 70.6 Å². The Labute approximate surface area is 115 Å². The Morgan fingerprint density at radius 1 is 1.37 bits per heavy atom. The van der Waals surface area contributed by atoms with Gasteiger partial charge in [-0.25, -0.2) is 0 Å². The first-order chi connectivity index (χ1) is 8.88. The lowest BCUT2D eigenvalue weighted by Gasteiger charge is -2.11. The van der Waals surface area contributed by atoms with Crippen LogP contribution in [0, 0.1) is 13.8 Å². The molecular formula is C15H23N3O. The van der Waals surface area contributed by atoms with E-state index >= 15 is 0 Å². The summed E-state index contributed by atoms with van der Waals surface area (Å²) in [7, 11) is 0. The fraction of sp³-hybridized carbons (Fsp3) is 0.400. The van der Waals surface area contributed by atoms with E-state index in [2.05, 4.69) is 23.0 Å². The quantitative estimate of drug-likeness (QED) is 0.430. The lowest BCUT2D eigenvalue weighted by atomic mass is 10.0. The Bertz CT molecular complexity index is 460. The summed E-state index contributed by atoms with van der Waals surface area (Å²) in [6.07, 6.45) is -0.635. The van der Waals surface area contributed by atoms with E-state index in [9.17, 15) is 5.11 Å². The minimum absolute atomic E-state index is 0.248. The third-order valence-electron chi connectivity index (χ3n) is 2.63. The van der Waals surface area contributed by atoms with Crippen molar-refractivity contribution in [3.05, 3.63) is 47.0 Å². The van der Waals surface area contributed by atoms with Gasteiger partial charge >= 0.3 is 0 Å². The second-order valence-corrected chi connectivity index (χ2v) is 4.97. The van der Waals surface area contributed by atoms with Crippen LogP contribution in [0.1, 0.15) is 29.7 Å². The van der Waals surface area contributed by atoms with Crippen molar-refractivity contribution in [2.45, 2.75) is 26.9 Å². The van der Waals surface area contributed by atoms with Gasteiger partial charge < -0.3 is 16.2 Å². The number of nitrogens with two attached hydrogens (primary N) is 1. The van der Waals surface area contributed by atoms with Gasteiger partial charge in [0.2, 0.25) is 0 Å². The average molecular weight is 261 g/mol. The van der Waals surface area contributed by atoms with E-state index in [1.54, 1.807) is 0 Å². The molecular weight excluding hydrogens is 238 g/mol. The van der Waals surface area contributed by atoms with Crippen molar-refractivity contribution >= 4 is 5.96 Å². The number of nitrogens with zero attached hydrogens (tertiary/aromatic N) is 1. The molecule has 1 aromatic carbocycles. The molecule has 1 unspecified atom stereocenters. The van der Waals surface area contributed by atoms with Gasteiger partial charge in [-0.05, 0) is 26.3 Å². The van der Waals surface area contributed by atoms with Gasteiger partial charge in [0.15, 0.2) is 5.96 Å². The molecule has 104 valence electrons. The highest BCUT2D eigenvalue weighted by molar-refractivity contribution is 5.78. The molecule has 0 saturated carbocycles. The molecule has 0 aromatic heterocycles. The Kier molecular flexibility index (Phi) is 5.57. The van der Waals surface area contributed by atoms with E-state index in [1.165, 1.54) is 0 Å². The second kappa shape index (κ2) is 6.95. The van der Waals surface area contributed by atoms with Gasteiger partial charge in [0, 0.05) is 6.54 Å². The summed E-state index contributed by atoms with van der Waals surface area (Å²) in [4.78, 5) is 4.12. The van der Waals surface area contributed by atoms with Crippen LogP contribution in [0.25, 0.3) is 0 Å². The van der Waals surface area contributed by atoms with Crippen LogP contribution in [-0.2, 0) is 0 Å². The Morgan fingerprint density at radius 2 is 1.95 bits per heavy atom. The molecule has 19 heavy (non-hydrogen) atoms. The standard InChI is InChI=1S/C15H23N3O/c1-10(2)8-17-15(16)18-9-14(19)13-6-11(3)5-12(4)7-13/h5-7,14,19H,1,8-9H2,2-4H3,(H3,16,17,18). The number of aliphatic hydroxyl groups excluding tert-OH is 1. The molecule has 0 amide bonds. The number of aryl methyl sites for hydroxylation is 2. The van der Waals surface area contributed by atoms with Crippen molar-refractivity contribution < 1.29 is 5.11 Å². The predicted octanol–water partition coefficient (Wildman–Crippen LogP) is 1.82. The monoisotopic (exact) mass is 261 g/mol. The van der Waals surface area contributed by atoms with Gasteiger partial charge in [-0.15, -0.1) is 0 Å². The molecule has 0 aliphatic heterocycles. The molecule has 4 N–H and O–H groups in total. The zero-order valence-corrected chi connectivity index (χ0v) is 11.9. The van der Waals surface area contributed by atoms with E-state index < -0.39 is 6.10 Å². The van der Waals surface area contributed by atoms with Gasteiger partial charge in [-0.1, -0.05) is 41.5 Å². The first-order valence-corrected chi connectivity index (χ1v) is 6.33. The van der Waals surface area contributed by atoms with Gasteiger partial charge in [-0.3, -0.25) is 4.99 Å². The normalized spacial score (nSPS) is 13.2. The smallest absolute Gasteiger partial charge is 0.188 e. The van der Waals surface area contributed by atoms with Crippen molar-refractivity contribution in [2.75, 3.05) is 13.1 Å². The number of hydrogen-bond acceptors (Lipinski definition) is 2. The van der Waals surface area contributed by atoms with Crippen LogP contribution in [0.3, 0.4) is 0 Å². The van der Waals surface area contributed by atoms with Crippen molar-refractivity contribution in [1.29, 1.82) is 0 Å². The highest BCUT2D eigenvalue weighted by atomic mass is 16.3. The molecule has 0 aliphatic carbocycles. The van der Waals surface area contributed by atoms with E-state index in [0.717, 1.165) is 22.3 Å². The number of benzene rings is 1. The number of hydrogen-bond donors (Lipinski definition) is 3. The van der Waals surface area contributed by atoms with Crippen molar-refractivity contribution in [1.82, 2.24) is 5.32 Å². The minimum Gasteiger partial charge on any atom is -0.386 e. The summed E-state index contributed by atoms with van der Waals surface area (Å²) in [6, 6.07) is 6.00. The SMILES string of the molecule is C=C(C)CNC(N)=NCC(O)c1cc(C)cc(C)c1. The summed E-state index contributed by atoms with van der Waals surface area (Å²) < 4.78 is 0. The maximum absolute atomic E-state index is 10.1. The minimum atomic E-state index is -0.635. The molecule has 0 bridgehead atoms. The molecule has 0 fully saturated rings. The van der Waals surface area contributed by atoms with E-state index in [1.807, 2.05) is 32.9 Å². The van der Waals surface area contributed by atoms with Crippen LogP contribution in [0.4, 0.5) is 0 Å². The van der Waals surface area contributed by atoms with Crippen LogP contribution in [0.5, 0.6) is 0 Å². The molecule has 1 atom stereocenters.